The molecule has 0 aliphatic heterocycles. The number of hydrogen-bond acceptors (Lipinski definition) is 6. The van der Waals surface area contributed by atoms with Crippen LogP contribution in [-0.4, -0.2) is 44.2 Å². The normalized spacial score (nSPS) is 12.4. The van der Waals surface area contributed by atoms with E-state index in [1.54, 1.807) is 10.9 Å². The fourth-order valence-electron chi connectivity index (χ4n) is 2.21. The highest BCUT2D eigenvalue weighted by atomic mass is 32.2. The van der Waals surface area contributed by atoms with Crippen molar-refractivity contribution in [2.24, 2.45) is 0 Å². The van der Waals surface area contributed by atoms with Gasteiger partial charge >= 0.3 is 0 Å². The molecule has 0 aromatic carbocycles. The zero-order valence-electron chi connectivity index (χ0n) is 14.9. The van der Waals surface area contributed by atoms with Crippen LogP contribution in [0, 0.1) is 0 Å². The van der Waals surface area contributed by atoms with Crippen LogP contribution in [0.5, 0.6) is 0 Å². The van der Waals surface area contributed by atoms with Gasteiger partial charge in [0.15, 0.2) is 6.29 Å². The highest BCUT2D eigenvalue weighted by molar-refractivity contribution is 7.89. The van der Waals surface area contributed by atoms with Crippen molar-refractivity contribution in [3.05, 3.63) is 23.7 Å². The molecule has 9 heteroatoms. The Morgan fingerprint density at radius 2 is 1.96 bits per heavy atom. The van der Waals surface area contributed by atoms with Crippen molar-refractivity contribution in [2.75, 3.05) is 19.8 Å². The number of sulfonamides is 1. The number of aromatic nitrogens is 2. The summed E-state index contributed by atoms with van der Waals surface area (Å²) in [4.78, 5) is 0.973. The van der Waals surface area contributed by atoms with Gasteiger partial charge in [-0.3, -0.25) is 4.68 Å². The first kappa shape index (κ1) is 20.1. The van der Waals surface area contributed by atoms with Crippen LogP contribution in [0.2, 0.25) is 0 Å². The lowest BCUT2D eigenvalue weighted by atomic mass is 10.3. The molecule has 0 saturated heterocycles. The molecule has 0 unspecified atom stereocenters. The smallest absolute Gasteiger partial charge is 0.244 e. The molecule has 7 nitrogen and oxygen atoms in total. The van der Waals surface area contributed by atoms with Gasteiger partial charge in [-0.1, -0.05) is 6.07 Å². The lowest BCUT2D eigenvalue weighted by molar-refractivity contribution is -0.130. The maximum Gasteiger partial charge on any atom is 0.244 e. The standard InChI is InChI=1S/C16H25N3O4S2/c1-5-22-15(23-6-2)10-17-25(20,21)14-11-19(12(3)4)18-16(14)13-8-7-9-24-13/h7-9,11-12,15,17H,5-6,10H2,1-4H3. The van der Waals surface area contributed by atoms with Crippen LogP contribution in [0.25, 0.3) is 10.6 Å². The van der Waals surface area contributed by atoms with Gasteiger partial charge in [-0.05, 0) is 39.1 Å². The van der Waals surface area contributed by atoms with Crippen LogP contribution in [-0.2, 0) is 19.5 Å². The third-order valence-corrected chi connectivity index (χ3v) is 5.72. The molecule has 140 valence electrons. The highest BCUT2D eigenvalue weighted by Crippen LogP contribution is 2.30. The Bertz CT molecular complexity index is 748. The second kappa shape index (κ2) is 8.91. The summed E-state index contributed by atoms with van der Waals surface area (Å²) >= 11 is 1.45. The van der Waals surface area contributed by atoms with E-state index in [1.807, 2.05) is 45.2 Å². The summed E-state index contributed by atoms with van der Waals surface area (Å²) in [6.45, 7) is 8.51. The lowest BCUT2D eigenvalue weighted by Gasteiger charge is -2.17. The first-order valence-electron chi connectivity index (χ1n) is 8.24. The van der Waals surface area contributed by atoms with Gasteiger partial charge in [-0.15, -0.1) is 11.3 Å². The topological polar surface area (TPSA) is 82.5 Å². The van der Waals surface area contributed by atoms with Gasteiger partial charge < -0.3 is 9.47 Å². The fourth-order valence-corrected chi connectivity index (χ4v) is 4.16. The van der Waals surface area contributed by atoms with Crippen LogP contribution in [0.15, 0.2) is 28.6 Å². The Kier molecular flexibility index (Phi) is 7.14. The summed E-state index contributed by atoms with van der Waals surface area (Å²) in [6, 6.07) is 3.79. The summed E-state index contributed by atoms with van der Waals surface area (Å²) in [5, 5.41) is 6.36. The van der Waals surface area contributed by atoms with Gasteiger partial charge in [0, 0.05) is 25.5 Å². The highest BCUT2D eigenvalue weighted by Gasteiger charge is 2.26. The maximum atomic E-state index is 12.8. The first-order valence-corrected chi connectivity index (χ1v) is 10.6. The van der Waals surface area contributed by atoms with E-state index in [-0.39, 0.29) is 17.5 Å². The third kappa shape index (κ3) is 5.11. The van der Waals surface area contributed by atoms with Gasteiger partial charge in [0.2, 0.25) is 10.0 Å². The predicted molar refractivity (Wildman–Crippen MR) is 98.2 cm³/mol. The Labute approximate surface area is 153 Å². The van der Waals surface area contributed by atoms with Gasteiger partial charge in [0.1, 0.15) is 10.6 Å². The van der Waals surface area contributed by atoms with Gasteiger partial charge in [-0.25, -0.2) is 13.1 Å². The number of hydrogen-bond donors (Lipinski definition) is 1. The van der Waals surface area contributed by atoms with Crippen LogP contribution in [0.4, 0.5) is 0 Å². The van der Waals surface area contributed by atoms with Crippen LogP contribution in [0.3, 0.4) is 0 Å². The minimum absolute atomic E-state index is 0.0424. The molecule has 0 atom stereocenters. The SMILES string of the molecule is CCOC(CNS(=O)(=O)c1cn(C(C)C)nc1-c1cccs1)OCC. The van der Waals surface area contributed by atoms with Gasteiger partial charge in [0.05, 0.1) is 11.4 Å². The van der Waals surface area contributed by atoms with E-state index < -0.39 is 16.3 Å². The quantitative estimate of drug-likeness (QED) is 0.634. The molecular formula is C16H25N3O4S2. The van der Waals surface area contributed by atoms with E-state index >= 15 is 0 Å². The molecule has 0 aliphatic carbocycles. The summed E-state index contributed by atoms with van der Waals surface area (Å²) in [5.41, 5.74) is 0.459. The molecule has 2 rings (SSSR count). The summed E-state index contributed by atoms with van der Waals surface area (Å²) in [5.74, 6) is 0. The Balaban J connectivity index is 2.28. The minimum atomic E-state index is -3.75. The van der Waals surface area contributed by atoms with E-state index in [0.29, 0.717) is 18.9 Å². The molecule has 0 spiro atoms. The molecule has 0 fully saturated rings. The predicted octanol–water partition coefficient (Wildman–Crippen LogP) is 2.87. The van der Waals surface area contributed by atoms with Gasteiger partial charge in [0.25, 0.3) is 0 Å². The Hall–Kier alpha value is -1.26. The third-order valence-electron chi connectivity index (χ3n) is 3.42. The Morgan fingerprint density at radius 1 is 1.28 bits per heavy atom. The van der Waals surface area contributed by atoms with Crippen molar-refractivity contribution in [1.82, 2.24) is 14.5 Å². The lowest BCUT2D eigenvalue weighted by Crippen LogP contribution is -2.35. The largest absolute Gasteiger partial charge is 0.352 e. The minimum Gasteiger partial charge on any atom is -0.352 e. The second-order valence-corrected chi connectivity index (χ2v) is 8.27. The first-order chi connectivity index (χ1) is 11.9. The van der Waals surface area contributed by atoms with Crippen LogP contribution in [0.1, 0.15) is 33.7 Å². The van der Waals surface area contributed by atoms with Crippen molar-refractivity contribution >= 4 is 21.4 Å². The molecular weight excluding hydrogens is 362 g/mol. The molecule has 0 aliphatic rings. The molecule has 25 heavy (non-hydrogen) atoms. The fraction of sp³-hybridized carbons (Fsp3) is 0.562. The molecule has 2 heterocycles. The van der Waals surface area contributed by atoms with Crippen molar-refractivity contribution in [2.45, 2.75) is 44.9 Å². The molecule has 2 aromatic heterocycles. The van der Waals surface area contributed by atoms with Crippen LogP contribution < -0.4 is 4.72 Å². The van der Waals surface area contributed by atoms with Crippen molar-refractivity contribution in [3.8, 4) is 10.6 Å². The number of rotatable bonds is 10. The summed E-state index contributed by atoms with van der Waals surface area (Å²) in [7, 11) is -3.75. The van der Waals surface area contributed by atoms with Crippen LogP contribution >= 0.6 is 11.3 Å². The average Bonchev–Trinajstić information content (AvgIpc) is 3.22. The summed E-state index contributed by atoms with van der Waals surface area (Å²) < 4.78 is 40.7. The molecule has 2 aromatic rings. The number of nitrogens with zero attached hydrogens (tertiary/aromatic N) is 2. The molecule has 0 saturated carbocycles. The number of thiophene rings is 1. The zero-order chi connectivity index (χ0) is 18.4. The Morgan fingerprint density at radius 3 is 2.48 bits per heavy atom. The molecule has 0 amide bonds. The number of nitrogens with one attached hydrogen (secondary N) is 1. The second-order valence-electron chi connectivity index (χ2n) is 5.59. The summed E-state index contributed by atoms with van der Waals surface area (Å²) in [6.07, 6.45) is 0.952. The van der Waals surface area contributed by atoms with E-state index in [2.05, 4.69) is 9.82 Å². The van der Waals surface area contributed by atoms with E-state index in [9.17, 15) is 8.42 Å². The van der Waals surface area contributed by atoms with Crippen molar-refractivity contribution in [1.29, 1.82) is 0 Å². The van der Waals surface area contributed by atoms with E-state index in [4.69, 9.17) is 9.47 Å². The number of ether oxygens (including phenoxy) is 2. The maximum absolute atomic E-state index is 12.8. The van der Waals surface area contributed by atoms with Crippen molar-refractivity contribution < 1.29 is 17.9 Å². The van der Waals surface area contributed by atoms with E-state index in [0.717, 1.165) is 4.88 Å². The zero-order valence-corrected chi connectivity index (χ0v) is 16.6. The monoisotopic (exact) mass is 387 g/mol. The van der Waals surface area contributed by atoms with Crippen molar-refractivity contribution in [3.63, 3.8) is 0 Å². The molecule has 1 N–H and O–H groups in total. The average molecular weight is 388 g/mol. The van der Waals surface area contributed by atoms with E-state index in [1.165, 1.54) is 11.3 Å². The molecule has 0 bridgehead atoms. The molecule has 0 radical (unpaired) electrons. The van der Waals surface area contributed by atoms with Gasteiger partial charge in [-0.2, -0.15) is 5.10 Å².